The van der Waals surface area contributed by atoms with Gasteiger partial charge in [0.15, 0.2) is 16.7 Å². The Bertz CT molecular complexity index is 1100. The highest BCUT2D eigenvalue weighted by Gasteiger charge is 2.32. The molecule has 9 heteroatoms. The predicted octanol–water partition coefficient (Wildman–Crippen LogP) is 5.27. The van der Waals surface area contributed by atoms with E-state index in [4.69, 9.17) is 14.2 Å². The minimum Gasteiger partial charge on any atom is -0.493 e. The maximum atomic E-state index is 13.0. The first kappa shape index (κ1) is 23.9. The lowest BCUT2D eigenvalue weighted by Crippen LogP contribution is -2.28. The van der Waals surface area contributed by atoms with Gasteiger partial charge in [0, 0.05) is 6.54 Å². The number of esters is 1. The van der Waals surface area contributed by atoms with Crippen LogP contribution in [0, 0.1) is 0 Å². The number of nitrogens with zero attached hydrogens (tertiary/aromatic N) is 2. The average Bonchev–Trinajstić information content (AvgIpc) is 3.07. The van der Waals surface area contributed by atoms with Gasteiger partial charge in [0.25, 0.3) is 5.91 Å². The topological polar surface area (TPSA) is 77.4 Å². The molecule has 1 heterocycles. The van der Waals surface area contributed by atoms with Gasteiger partial charge in [-0.25, -0.2) is 9.79 Å². The molecular weight excluding hydrogens is 496 g/mol. The first-order chi connectivity index (χ1) is 15.4. The third kappa shape index (κ3) is 5.16. The van der Waals surface area contributed by atoms with Gasteiger partial charge in [-0.2, -0.15) is 0 Å². The Morgan fingerprint density at radius 1 is 1.19 bits per heavy atom. The third-order valence-corrected chi connectivity index (χ3v) is 6.14. The summed E-state index contributed by atoms with van der Waals surface area (Å²) in [6.07, 6.45) is 1.79. The Balaban J connectivity index is 1.94. The van der Waals surface area contributed by atoms with E-state index in [9.17, 15) is 9.59 Å². The van der Waals surface area contributed by atoms with E-state index < -0.39 is 5.97 Å². The van der Waals surface area contributed by atoms with E-state index in [0.29, 0.717) is 46.0 Å². The molecule has 3 rings (SSSR count). The molecule has 1 amide bonds. The number of ether oxygens (including phenoxy) is 3. The van der Waals surface area contributed by atoms with Crippen molar-refractivity contribution < 1.29 is 23.8 Å². The number of halogens is 1. The number of carbonyl (C=O) groups excluding carboxylic acids is 2. The standard InChI is InChI=1S/C23H23BrN2O5S/c1-5-26-21(27)19(12-14-10-17(24)20(30-4)18(11-14)29-3)32-23(26)25-16-9-7-8-15(13-16)22(28)31-6-2/h7-13H,5-6H2,1-4H3. The van der Waals surface area contributed by atoms with Crippen LogP contribution < -0.4 is 9.47 Å². The molecular formula is C23H23BrN2O5S. The number of amidine groups is 1. The lowest BCUT2D eigenvalue weighted by Gasteiger charge is -2.12. The number of likely N-dealkylation sites (N-methyl/N-ethyl adjacent to an activating group) is 1. The zero-order chi connectivity index (χ0) is 23.3. The lowest BCUT2D eigenvalue weighted by molar-refractivity contribution is -0.122. The van der Waals surface area contributed by atoms with Gasteiger partial charge < -0.3 is 14.2 Å². The summed E-state index contributed by atoms with van der Waals surface area (Å²) in [5.41, 5.74) is 1.77. The van der Waals surface area contributed by atoms with Crippen LogP contribution in [0.25, 0.3) is 6.08 Å². The third-order valence-electron chi connectivity index (χ3n) is 4.54. The summed E-state index contributed by atoms with van der Waals surface area (Å²) in [5, 5.41) is 0.546. The van der Waals surface area contributed by atoms with Crippen LogP contribution >= 0.6 is 27.7 Å². The number of carbonyl (C=O) groups is 2. The van der Waals surface area contributed by atoms with Crippen LogP contribution in [0.3, 0.4) is 0 Å². The fourth-order valence-corrected chi connectivity index (χ4v) is 4.75. The second-order valence-electron chi connectivity index (χ2n) is 6.56. The smallest absolute Gasteiger partial charge is 0.338 e. The molecule has 1 fully saturated rings. The molecule has 1 aliphatic heterocycles. The maximum Gasteiger partial charge on any atom is 0.338 e. The van der Waals surface area contributed by atoms with Crippen LogP contribution in [0.2, 0.25) is 0 Å². The molecule has 0 aliphatic carbocycles. The molecule has 7 nitrogen and oxygen atoms in total. The van der Waals surface area contributed by atoms with Crippen LogP contribution in [0.5, 0.6) is 11.5 Å². The Morgan fingerprint density at radius 3 is 2.62 bits per heavy atom. The monoisotopic (exact) mass is 518 g/mol. The van der Waals surface area contributed by atoms with Crippen molar-refractivity contribution in [1.29, 1.82) is 0 Å². The van der Waals surface area contributed by atoms with Gasteiger partial charge in [0.1, 0.15) is 0 Å². The number of benzene rings is 2. The summed E-state index contributed by atoms with van der Waals surface area (Å²) >= 11 is 4.76. The van der Waals surface area contributed by atoms with Crippen LogP contribution in [0.4, 0.5) is 5.69 Å². The number of hydrogen-bond acceptors (Lipinski definition) is 7. The molecule has 0 N–H and O–H groups in total. The zero-order valence-electron chi connectivity index (χ0n) is 18.2. The molecule has 0 aromatic heterocycles. The summed E-state index contributed by atoms with van der Waals surface area (Å²) in [6, 6.07) is 10.5. The van der Waals surface area contributed by atoms with Crippen molar-refractivity contribution >= 4 is 56.5 Å². The molecule has 1 saturated heterocycles. The Labute approximate surface area is 199 Å². The quantitative estimate of drug-likeness (QED) is 0.367. The van der Waals surface area contributed by atoms with Crippen LogP contribution in [-0.2, 0) is 9.53 Å². The summed E-state index contributed by atoms with van der Waals surface area (Å²) in [4.78, 5) is 31.7. The van der Waals surface area contributed by atoms with E-state index in [1.165, 1.54) is 11.8 Å². The minimum atomic E-state index is -0.406. The van der Waals surface area contributed by atoms with Gasteiger partial charge in [0.05, 0.1) is 41.5 Å². The first-order valence-electron chi connectivity index (χ1n) is 9.90. The number of thioether (sulfide) groups is 1. The normalized spacial score (nSPS) is 16.0. The largest absolute Gasteiger partial charge is 0.493 e. The van der Waals surface area contributed by atoms with Crippen molar-refractivity contribution in [2.24, 2.45) is 4.99 Å². The molecule has 0 saturated carbocycles. The van der Waals surface area contributed by atoms with Gasteiger partial charge in [-0.15, -0.1) is 0 Å². The molecule has 32 heavy (non-hydrogen) atoms. The summed E-state index contributed by atoms with van der Waals surface area (Å²) in [6.45, 7) is 4.41. The van der Waals surface area contributed by atoms with Gasteiger partial charge in [-0.3, -0.25) is 9.69 Å². The SMILES string of the molecule is CCOC(=O)c1cccc(N=C2SC(=Cc3cc(Br)c(OC)c(OC)c3)C(=O)N2CC)c1. The molecule has 0 radical (unpaired) electrons. The highest BCUT2D eigenvalue weighted by Crippen LogP contribution is 2.39. The highest BCUT2D eigenvalue weighted by atomic mass is 79.9. The molecule has 0 atom stereocenters. The van der Waals surface area contributed by atoms with Gasteiger partial charge in [-0.05, 0) is 83.5 Å². The van der Waals surface area contributed by atoms with Gasteiger partial charge in [0.2, 0.25) is 0 Å². The average molecular weight is 519 g/mol. The van der Waals surface area contributed by atoms with Crippen LogP contribution in [0.1, 0.15) is 29.8 Å². The molecule has 168 valence electrons. The van der Waals surface area contributed by atoms with E-state index in [2.05, 4.69) is 20.9 Å². The number of rotatable bonds is 7. The van der Waals surface area contributed by atoms with Gasteiger partial charge in [-0.1, -0.05) is 6.07 Å². The molecule has 2 aromatic carbocycles. The van der Waals surface area contributed by atoms with Crippen molar-refractivity contribution in [1.82, 2.24) is 4.90 Å². The first-order valence-corrected chi connectivity index (χ1v) is 11.5. The lowest BCUT2D eigenvalue weighted by atomic mass is 10.2. The molecule has 0 unspecified atom stereocenters. The van der Waals surface area contributed by atoms with Crippen LogP contribution in [0.15, 0.2) is 50.8 Å². The zero-order valence-corrected chi connectivity index (χ0v) is 20.6. The number of methoxy groups -OCH3 is 2. The fourth-order valence-electron chi connectivity index (χ4n) is 3.07. The summed E-state index contributed by atoms with van der Waals surface area (Å²) in [5.74, 6) is 0.598. The van der Waals surface area contributed by atoms with E-state index in [0.717, 1.165) is 10.0 Å². The van der Waals surface area contributed by atoms with E-state index in [1.54, 1.807) is 62.5 Å². The molecule has 1 aliphatic rings. The predicted molar refractivity (Wildman–Crippen MR) is 130 cm³/mol. The number of amides is 1. The molecule has 0 spiro atoms. The summed E-state index contributed by atoms with van der Waals surface area (Å²) < 4.78 is 16.5. The summed E-state index contributed by atoms with van der Waals surface area (Å²) in [7, 11) is 3.13. The minimum absolute atomic E-state index is 0.135. The second kappa shape index (κ2) is 10.7. The fraction of sp³-hybridized carbons (Fsp3) is 0.261. The van der Waals surface area contributed by atoms with Crippen molar-refractivity contribution in [3.8, 4) is 11.5 Å². The highest BCUT2D eigenvalue weighted by molar-refractivity contribution is 9.10. The Hall–Kier alpha value is -2.78. The van der Waals surface area contributed by atoms with Crippen molar-refractivity contribution in [3.63, 3.8) is 0 Å². The van der Waals surface area contributed by atoms with E-state index in [1.807, 2.05) is 13.0 Å². The Morgan fingerprint density at radius 2 is 1.97 bits per heavy atom. The van der Waals surface area contributed by atoms with Gasteiger partial charge >= 0.3 is 5.97 Å². The number of aliphatic imine (C=N–C) groups is 1. The van der Waals surface area contributed by atoms with Crippen molar-refractivity contribution in [2.45, 2.75) is 13.8 Å². The van der Waals surface area contributed by atoms with Crippen molar-refractivity contribution in [2.75, 3.05) is 27.4 Å². The van der Waals surface area contributed by atoms with Crippen molar-refractivity contribution in [3.05, 3.63) is 56.9 Å². The molecule has 0 bridgehead atoms. The second-order valence-corrected chi connectivity index (χ2v) is 8.43. The maximum absolute atomic E-state index is 13.0. The molecule has 2 aromatic rings. The Kier molecular flexibility index (Phi) is 7.98. The van der Waals surface area contributed by atoms with E-state index in [-0.39, 0.29) is 5.91 Å². The number of hydrogen-bond donors (Lipinski definition) is 0. The van der Waals surface area contributed by atoms with E-state index >= 15 is 0 Å². The van der Waals surface area contributed by atoms with Crippen LogP contribution in [-0.4, -0.2) is 49.3 Å².